The van der Waals surface area contributed by atoms with Gasteiger partial charge in [0, 0.05) is 5.70 Å². The number of hydrogen-bond acceptors (Lipinski definition) is 3. The first-order valence-electron chi connectivity index (χ1n) is 5.48. The Kier molecular flexibility index (Phi) is 4.48. The van der Waals surface area contributed by atoms with E-state index in [1.165, 1.54) is 0 Å². The standard InChI is InChI=1S/C13H16N2O3/c1-8-4-3-5-10(13(14)18)12(8)15-9(2)6-7-11(16)17/h3-5,15H,2,6-7H2,1H3,(H2,14,18)(H,16,17). The Balaban J connectivity index is 2.86. The molecule has 0 aromatic heterocycles. The monoisotopic (exact) mass is 248 g/mol. The van der Waals surface area contributed by atoms with Crippen LogP contribution in [0.2, 0.25) is 0 Å². The van der Waals surface area contributed by atoms with Crippen LogP contribution < -0.4 is 11.1 Å². The van der Waals surface area contributed by atoms with E-state index >= 15 is 0 Å². The lowest BCUT2D eigenvalue weighted by atomic mass is 10.1. The highest BCUT2D eigenvalue weighted by Crippen LogP contribution is 2.22. The van der Waals surface area contributed by atoms with E-state index in [-0.39, 0.29) is 6.42 Å². The van der Waals surface area contributed by atoms with Gasteiger partial charge in [0.1, 0.15) is 0 Å². The number of carbonyl (C=O) groups excluding carboxylic acids is 1. The average molecular weight is 248 g/mol. The van der Waals surface area contributed by atoms with Gasteiger partial charge < -0.3 is 16.2 Å². The van der Waals surface area contributed by atoms with Crippen LogP contribution in [0.3, 0.4) is 0 Å². The first kappa shape index (κ1) is 13.8. The van der Waals surface area contributed by atoms with Crippen LogP contribution in [0.4, 0.5) is 5.69 Å². The molecule has 1 aromatic rings. The predicted molar refractivity (Wildman–Crippen MR) is 69.3 cm³/mol. The van der Waals surface area contributed by atoms with Gasteiger partial charge in [-0.3, -0.25) is 9.59 Å². The molecule has 0 spiro atoms. The number of nitrogens with one attached hydrogen (secondary N) is 1. The third kappa shape index (κ3) is 3.62. The molecule has 0 bridgehead atoms. The molecule has 0 fully saturated rings. The van der Waals surface area contributed by atoms with Gasteiger partial charge in [-0.15, -0.1) is 0 Å². The molecule has 0 aliphatic rings. The lowest BCUT2D eigenvalue weighted by Crippen LogP contribution is -2.15. The topological polar surface area (TPSA) is 92.4 Å². The third-order valence-electron chi connectivity index (χ3n) is 2.48. The van der Waals surface area contributed by atoms with Gasteiger partial charge in [-0.1, -0.05) is 18.7 Å². The molecule has 0 saturated carbocycles. The number of allylic oxidation sites excluding steroid dienone is 1. The number of aryl methyl sites for hydroxylation is 1. The first-order chi connectivity index (χ1) is 8.41. The zero-order valence-corrected chi connectivity index (χ0v) is 10.2. The Morgan fingerprint density at radius 2 is 2.06 bits per heavy atom. The van der Waals surface area contributed by atoms with Gasteiger partial charge in [0.05, 0.1) is 17.7 Å². The summed E-state index contributed by atoms with van der Waals surface area (Å²) in [6.45, 7) is 5.57. The Bertz CT molecular complexity index is 495. The maximum absolute atomic E-state index is 11.3. The lowest BCUT2D eigenvalue weighted by Gasteiger charge is -2.14. The molecule has 5 heteroatoms. The molecule has 1 rings (SSSR count). The van der Waals surface area contributed by atoms with Crippen molar-refractivity contribution in [3.05, 3.63) is 41.6 Å². The van der Waals surface area contributed by atoms with Crippen LogP contribution in [-0.2, 0) is 4.79 Å². The summed E-state index contributed by atoms with van der Waals surface area (Å²) in [7, 11) is 0. The average Bonchev–Trinajstić information content (AvgIpc) is 2.28. The summed E-state index contributed by atoms with van der Waals surface area (Å²) in [6.07, 6.45) is 0.283. The molecule has 1 aromatic carbocycles. The lowest BCUT2D eigenvalue weighted by molar-refractivity contribution is -0.136. The molecule has 5 nitrogen and oxygen atoms in total. The van der Waals surface area contributed by atoms with E-state index < -0.39 is 11.9 Å². The van der Waals surface area contributed by atoms with Gasteiger partial charge >= 0.3 is 5.97 Å². The minimum Gasteiger partial charge on any atom is -0.481 e. The Morgan fingerprint density at radius 1 is 1.39 bits per heavy atom. The van der Waals surface area contributed by atoms with Crippen LogP contribution in [0.1, 0.15) is 28.8 Å². The van der Waals surface area contributed by atoms with Crippen molar-refractivity contribution in [1.82, 2.24) is 0 Å². The van der Waals surface area contributed by atoms with Crippen LogP contribution in [0.5, 0.6) is 0 Å². The van der Waals surface area contributed by atoms with Crippen molar-refractivity contribution in [2.24, 2.45) is 5.73 Å². The number of nitrogens with two attached hydrogens (primary N) is 1. The fourth-order valence-electron chi connectivity index (χ4n) is 1.54. The Morgan fingerprint density at radius 3 is 2.61 bits per heavy atom. The molecule has 0 aliphatic heterocycles. The molecular weight excluding hydrogens is 232 g/mol. The van der Waals surface area contributed by atoms with Crippen LogP contribution in [-0.4, -0.2) is 17.0 Å². The van der Waals surface area contributed by atoms with E-state index in [2.05, 4.69) is 11.9 Å². The van der Waals surface area contributed by atoms with Crippen molar-refractivity contribution in [1.29, 1.82) is 0 Å². The second kappa shape index (κ2) is 5.86. The van der Waals surface area contributed by atoms with Crippen molar-refractivity contribution in [3.63, 3.8) is 0 Å². The normalized spacial score (nSPS) is 9.83. The Labute approximate surface area is 105 Å². The van der Waals surface area contributed by atoms with Crippen LogP contribution in [0, 0.1) is 6.92 Å². The van der Waals surface area contributed by atoms with Gasteiger partial charge in [0.2, 0.25) is 0 Å². The zero-order valence-electron chi connectivity index (χ0n) is 10.2. The largest absolute Gasteiger partial charge is 0.481 e. The van der Waals surface area contributed by atoms with Gasteiger partial charge in [0.15, 0.2) is 0 Å². The van der Waals surface area contributed by atoms with Crippen LogP contribution >= 0.6 is 0 Å². The summed E-state index contributed by atoms with van der Waals surface area (Å²) in [4.78, 5) is 21.7. The summed E-state index contributed by atoms with van der Waals surface area (Å²) in [5.41, 5.74) is 7.62. The van der Waals surface area contributed by atoms with Crippen molar-refractivity contribution >= 4 is 17.6 Å². The number of carboxylic acids is 1. The van der Waals surface area contributed by atoms with Gasteiger partial charge in [-0.2, -0.15) is 0 Å². The number of aliphatic carboxylic acids is 1. The van der Waals surface area contributed by atoms with Crippen molar-refractivity contribution < 1.29 is 14.7 Å². The molecule has 96 valence electrons. The molecule has 0 saturated heterocycles. The summed E-state index contributed by atoms with van der Waals surface area (Å²) >= 11 is 0. The van der Waals surface area contributed by atoms with E-state index in [0.29, 0.717) is 23.4 Å². The number of hydrogen-bond donors (Lipinski definition) is 3. The molecule has 0 radical (unpaired) electrons. The van der Waals surface area contributed by atoms with E-state index in [0.717, 1.165) is 5.56 Å². The number of anilines is 1. The fraction of sp³-hybridized carbons (Fsp3) is 0.231. The van der Waals surface area contributed by atoms with Gasteiger partial charge in [-0.05, 0) is 25.0 Å². The predicted octanol–water partition coefficient (Wildman–Crippen LogP) is 1.88. The number of rotatable bonds is 6. The molecule has 4 N–H and O–H groups in total. The second-order valence-corrected chi connectivity index (χ2v) is 3.98. The minimum atomic E-state index is -0.891. The second-order valence-electron chi connectivity index (χ2n) is 3.98. The van der Waals surface area contributed by atoms with Crippen molar-refractivity contribution in [2.45, 2.75) is 19.8 Å². The third-order valence-corrected chi connectivity index (χ3v) is 2.48. The summed E-state index contributed by atoms with van der Waals surface area (Å²) in [5, 5.41) is 11.5. The van der Waals surface area contributed by atoms with E-state index in [4.69, 9.17) is 10.8 Å². The van der Waals surface area contributed by atoms with Gasteiger partial charge in [0.25, 0.3) is 5.91 Å². The van der Waals surface area contributed by atoms with Crippen LogP contribution in [0.15, 0.2) is 30.5 Å². The first-order valence-corrected chi connectivity index (χ1v) is 5.48. The molecule has 18 heavy (non-hydrogen) atoms. The summed E-state index contributed by atoms with van der Waals surface area (Å²) in [5.74, 6) is -1.43. The molecule has 0 unspecified atom stereocenters. The smallest absolute Gasteiger partial charge is 0.303 e. The molecule has 0 atom stereocenters. The number of carbonyl (C=O) groups is 2. The van der Waals surface area contributed by atoms with Crippen molar-refractivity contribution in [2.75, 3.05) is 5.32 Å². The van der Waals surface area contributed by atoms with E-state index in [1.807, 2.05) is 13.0 Å². The Hall–Kier alpha value is -2.30. The number of carboxylic acid groups (broad SMARTS) is 1. The summed E-state index contributed by atoms with van der Waals surface area (Å²) in [6, 6.07) is 5.18. The molecule has 0 aliphatic carbocycles. The number of benzene rings is 1. The van der Waals surface area contributed by atoms with Crippen molar-refractivity contribution in [3.8, 4) is 0 Å². The molecule has 1 amide bonds. The molecule has 0 heterocycles. The highest BCUT2D eigenvalue weighted by molar-refractivity contribution is 5.99. The highest BCUT2D eigenvalue weighted by Gasteiger charge is 2.11. The number of primary amides is 1. The van der Waals surface area contributed by atoms with Crippen LogP contribution in [0.25, 0.3) is 0 Å². The highest BCUT2D eigenvalue weighted by atomic mass is 16.4. The fourth-order valence-corrected chi connectivity index (χ4v) is 1.54. The van der Waals surface area contributed by atoms with E-state index in [1.54, 1.807) is 12.1 Å². The van der Waals surface area contributed by atoms with Gasteiger partial charge in [-0.25, -0.2) is 0 Å². The number of amides is 1. The van der Waals surface area contributed by atoms with E-state index in [9.17, 15) is 9.59 Å². The SMILES string of the molecule is C=C(CCC(=O)O)Nc1c(C)cccc1C(N)=O. The minimum absolute atomic E-state index is 0.0103. The number of para-hydroxylation sites is 1. The quantitative estimate of drug-likeness (QED) is 0.716. The maximum Gasteiger partial charge on any atom is 0.303 e. The maximum atomic E-state index is 11.3. The molecular formula is C13H16N2O3. The summed E-state index contributed by atoms with van der Waals surface area (Å²) < 4.78 is 0. The zero-order chi connectivity index (χ0) is 13.7.